The second kappa shape index (κ2) is 5.60. The third kappa shape index (κ3) is 2.35. The molecule has 2 aromatic rings. The van der Waals surface area contributed by atoms with Crippen LogP contribution in [-0.2, 0) is 6.54 Å². The van der Waals surface area contributed by atoms with Crippen LogP contribution in [0.1, 0.15) is 32.7 Å². The molecule has 112 valence electrons. The lowest BCUT2D eigenvalue weighted by atomic mass is 10.1. The van der Waals surface area contributed by atoms with Gasteiger partial charge in [0.25, 0.3) is 17.4 Å². The molecule has 0 bridgehead atoms. The molecule has 0 saturated carbocycles. The Morgan fingerprint density at radius 1 is 0.864 bits per heavy atom. The fourth-order valence-electron chi connectivity index (χ4n) is 2.67. The highest BCUT2D eigenvalue weighted by atomic mass is 16.2. The molecule has 5 heteroatoms. The van der Waals surface area contributed by atoms with Gasteiger partial charge in [-0.2, -0.15) is 0 Å². The van der Waals surface area contributed by atoms with E-state index in [1.807, 2.05) is 6.07 Å². The van der Waals surface area contributed by atoms with Gasteiger partial charge in [-0.15, -0.1) is 0 Å². The van der Waals surface area contributed by atoms with Crippen LogP contribution in [0, 0.1) is 6.92 Å². The standard InChI is InChI=1S/C17H16N2O3/c1-12-6-4-9-18(15(12)20)10-5-11-19-16(21)13-7-2-3-8-14(13)17(19)22/h2-4,6-9H,5,10-11H2,1H3. The number of nitrogens with zero attached hydrogens (tertiary/aromatic N) is 2. The second-order valence-electron chi connectivity index (χ2n) is 5.35. The first-order chi connectivity index (χ1) is 10.6. The van der Waals surface area contributed by atoms with E-state index in [0.29, 0.717) is 36.2 Å². The number of aromatic nitrogens is 1. The number of carbonyl (C=O) groups excluding carboxylic acids is 2. The topological polar surface area (TPSA) is 59.4 Å². The van der Waals surface area contributed by atoms with Crippen molar-refractivity contribution >= 4 is 11.8 Å². The van der Waals surface area contributed by atoms with Gasteiger partial charge in [0.15, 0.2) is 0 Å². The molecule has 1 aromatic carbocycles. The van der Waals surface area contributed by atoms with Crippen molar-refractivity contribution in [3.8, 4) is 0 Å². The summed E-state index contributed by atoms with van der Waals surface area (Å²) in [6.45, 7) is 2.56. The maximum absolute atomic E-state index is 12.2. The lowest BCUT2D eigenvalue weighted by molar-refractivity contribution is 0.0650. The summed E-state index contributed by atoms with van der Waals surface area (Å²) < 4.78 is 1.60. The van der Waals surface area contributed by atoms with E-state index in [1.54, 1.807) is 48.0 Å². The van der Waals surface area contributed by atoms with Crippen molar-refractivity contribution in [2.75, 3.05) is 6.54 Å². The monoisotopic (exact) mass is 296 g/mol. The zero-order chi connectivity index (χ0) is 15.7. The van der Waals surface area contributed by atoms with E-state index in [4.69, 9.17) is 0 Å². The van der Waals surface area contributed by atoms with Gasteiger partial charge in [0, 0.05) is 24.8 Å². The zero-order valence-electron chi connectivity index (χ0n) is 12.3. The summed E-state index contributed by atoms with van der Waals surface area (Å²) in [6.07, 6.45) is 2.27. The fourth-order valence-corrected chi connectivity index (χ4v) is 2.67. The van der Waals surface area contributed by atoms with Crippen LogP contribution in [-0.4, -0.2) is 27.8 Å². The minimum absolute atomic E-state index is 0.0372. The van der Waals surface area contributed by atoms with Gasteiger partial charge in [-0.3, -0.25) is 19.3 Å². The van der Waals surface area contributed by atoms with Crippen LogP contribution < -0.4 is 5.56 Å². The van der Waals surface area contributed by atoms with Gasteiger partial charge < -0.3 is 4.57 Å². The lowest BCUT2D eigenvalue weighted by Gasteiger charge is -2.14. The molecule has 0 unspecified atom stereocenters. The molecule has 0 aliphatic carbocycles. The van der Waals surface area contributed by atoms with Crippen molar-refractivity contribution in [2.45, 2.75) is 19.9 Å². The number of fused-ring (bicyclic) bond motifs is 1. The Morgan fingerprint density at radius 2 is 1.50 bits per heavy atom. The summed E-state index contributed by atoms with van der Waals surface area (Å²) >= 11 is 0. The van der Waals surface area contributed by atoms with Crippen LogP contribution in [0.15, 0.2) is 47.4 Å². The maximum Gasteiger partial charge on any atom is 0.261 e. The summed E-state index contributed by atoms with van der Waals surface area (Å²) in [7, 11) is 0. The highest BCUT2D eigenvalue weighted by Gasteiger charge is 2.34. The van der Waals surface area contributed by atoms with Crippen molar-refractivity contribution in [3.63, 3.8) is 0 Å². The van der Waals surface area contributed by atoms with Gasteiger partial charge in [-0.25, -0.2) is 0 Å². The molecule has 0 radical (unpaired) electrons. The molecule has 2 amide bonds. The number of aryl methyl sites for hydroxylation is 2. The van der Waals surface area contributed by atoms with Crippen molar-refractivity contribution < 1.29 is 9.59 Å². The minimum Gasteiger partial charge on any atom is -0.315 e. The second-order valence-corrected chi connectivity index (χ2v) is 5.35. The Balaban J connectivity index is 1.69. The van der Waals surface area contributed by atoms with E-state index in [-0.39, 0.29) is 17.4 Å². The van der Waals surface area contributed by atoms with E-state index in [0.717, 1.165) is 0 Å². The molecule has 0 atom stereocenters. The Bertz CT molecular complexity index is 773. The number of benzene rings is 1. The third-order valence-corrected chi connectivity index (χ3v) is 3.87. The fraction of sp³-hybridized carbons (Fsp3) is 0.235. The first kappa shape index (κ1) is 14.3. The summed E-state index contributed by atoms with van der Waals surface area (Å²) in [5, 5.41) is 0. The molecule has 1 aromatic heterocycles. The minimum atomic E-state index is -0.253. The Morgan fingerprint density at radius 3 is 2.14 bits per heavy atom. The predicted octanol–water partition coefficient (Wildman–Crippen LogP) is 1.84. The molecular formula is C17H16N2O3. The molecule has 1 aliphatic heterocycles. The zero-order valence-corrected chi connectivity index (χ0v) is 12.3. The average molecular weight is 296 g/mol. The van der Waals surface area contributed by atoms with Crippen molar-refractivity contribution in [3.05, 3.63) is 69.6 Å². The molecule has 0 spiro atoms. The van der Waals surface area contributed by atoms with Crippen LogP contribution in [0.25, 0.3) is 0 Å². The Kier molecular flexibility index (Phi) is 3.63. The smallest absolute Gasteiger partial charge is 0.261 e. The summed E-state index contributed by atoms with van der Waals surface area (Å²) in [5.41, 5.74) is 1.56. The largest absolute Gasteiger partial charge is 0.315 e. The Hall–Kier alpha value is -2.69. The van der Waals surface area contributed by atoms with Crippen molar-refractivity contribution in [2.24, 2.45) is 0 Å². The van der Waals surface area contributed by atoms with E-state index >= 15 is 0 Å². The van der Waals surface area contributed by atoms with Gasteiger partial charge in [-0.1, -0.05) is 18.2 Å². The van der Waals surface area contributed by atoms with E-state index in [1.165, 1.54) is 4.90 Å². The van der Waals surface area contributed by atoms with Crippen molar-refractivity contribution in [1.29, 1.82) is 0 Å². The normalized spacial score (nSPS) is 13.6. The van der Waals surface area contributed by atoms with E-state index in [9.17, 15) is 14.4 Å². The first-order valence-electron chi connectivity index (χ1n) is 7.21. The lowest BCUT2D eigenvalue weighted by Crippen LogP contribution is -2.32. The number of rotatable bonds is 4. The van der Waals surface area contributed by atoms with Crippen LogP contribution in [0.4, 0.5) is 0 Å². The molecule has 1 aliphatic rings. The SMILES string of the molecule is Cc1cccn(CCCN2C(=O)c3ccccc3C2=O)c1=O. The number of hydrogen-bond acceptors (Lipinski definition) is 3. The van der Waals surface area contributed by atoms with Crippen molar-refractivity contribution in [1.82, 2.24) is 9.47 Å². The quantitative estimate of drug-likeness (QED) is 0.809. The maximum atomic E-state index is 12.2. The van der Waals surface area contributed by atoms with Crippen LogP contribution in [0.3, 0.4) is 0 Å². The summed E-state index contributed by atoms with van der Waals surface area (Å²) in [4.78, 5) is 37.6. The van der Waals surface area contributed by atoms with E-state index in [2.05, 4.69) is 0 Å². The first-order valence-corrected chi connectivity index (χ1v) is 7.21. The Labute approximate surface area is 127 Å². The molecule has 22 heavy (non-hydrogen) atoms. The average Bonchev–Trinajstić information content (AvgIpc) is 2.77. The molecule has 5 nitrogen and oxygen atoms in total. The van der Waals surface area contributed by atoms with Crippen LogP contribution >= 0.6 is 0 Å². The van der Waals surface area contributed by atoms with Gasteiger partial charge >= 0.3 is 0 Å². The number of amides is 2. The predicted molar refractivity (Wildman–Crippen MR) is 81.9 cm³/mol. The number of imide groups is 1. The van der Waals surface area contributed by atoms with Gasteiger partial charge in [0.2, 0.25) is 0 Å². The third-order valence-electron chi connectivity index (χ3n) is 3.87. The summed E-state index contributed by atoms with van der Waals surface area (Å²) in [6, 6.07) is 10.4. The highest BCUT2D eigenvalue weighted by molar-refractivity contribution is 6.21. The van der Waals surface area contributed by atoms with Crippen LogP contribution in [0.2, 0.25) is 0 Å². The number of pyridine rings is 1. The van der Waals surface area contributed by atoms with Crippen LogP contribution in [0.5, 0.6) is 0 Å². The van der Waals surface area contributed by atoms with Gasteiger partial charge in [0.1, 0.15) is 0 Å². The number of carbonyl (C=O) groups is 2. The summed E-state index contributed by atoms with van der Waals surface area (Å²) in [5.74, 6) is -0.505. The molecule has 2 heterocycles. The van der Waals surface area contributed by atoms with Gasteiger partial charge in [0.05, 0.1) is 11.1 Å². The van der Waals surface area contributed by atoms with Gasteiger partial charge in [-0.05, 0) is 31.5 Å². The molecular weight excluding hydrogens is 280 g/mol. The molecule has 0 fully saturated rings. The molecule has 0 N–H and O–H groups in total. The molecule has 0 saturated heterocycles. The number of hydrogen-bond donors (Lipinski definition) is 0. The van der Waals surface area contributed by atoms with E-state index < -0.39 is 0 Å². The highest BCUT2D eigenvalue weighted by Crippen LogP contribution is 2.22. The molecule has 3 rings (SSSR count).